The minimum Gasteiger partial charge on any atom is -0.458 e. The number of alkyl halides is 3. The van der Waals surface area contributed by atoms with E-state index in [4.69, 9.17) is 4.74 Å². The largest absolute Gasteiger partial charge is 0.458 e. The first-order valence-corrected chi connectivity index (χ1v) is 10.6. The van der Waals surface area contributed by atoms with Crippen LogP contribution in [0.4, 0.5) is 19.0 Å². The summed E-state index contributed by atoms with van der Waals surface area (Å²) in [5.74, 6) is 0.952. The SMILES string of the molecule is Cn1nnnc1-n1c(OCc2cccc(NCc3cccc(C(F)(F)F)c3)n2)nc2ccccc21. The summed E-state index contributed by atoms with van der Waals surface area (Å²) in [6.45, 7) is 0.296. The molecule has 0 bridgehead atoms. The predicted molar refractivity (Wildman–Crippen MR) is 121 cm³/mol. The summed E-state index contributed by atoms with van der Waals surface area (Å²) in [6.07, 6.45) is -4.39. The molecule has 0 radical (unpaired) electrons. The number of fused-ring (bicyclic) bond motifs is 1. The number of anilines is 1. The molecule has 0 amide bonds. The van der Waals surface area contributed by atoms with Crippen LogP contribution in [0, 0.1) is 0 Å². The number of imidazole rings is 1. The molecule has 2 aromatic carbocycles. The van der Waals surface area contributed by atoms with Crippen LogP contribution in [0.3, 0.4) is 0 Å². The molecule has 0 aliphatic rings. The molecule has 3 heterocycles. The fourth-order valence-corrected chi connectivity index (χ4v) is 3.56. The van der Waals surface area contributed by atoms with E-state index < -0.39 is 11.7 Å². The lowest BCUT2D eigenvalue weighted by molar-refractivity contribution is -0.137. The van der Waals surface area contributed by atoms with Gasteiger partial charge < -0.3 is 10.1 Å². The Labute approximate surface area is 197 Å². The number of rotatable bonds is 7. The third-order valence-corrected chi connectivity index (χ3v) is 5.21. The number of halogens is 3. The highest BCUT2D eigenvalue weighted by atomic mass is 19.4. The van der Waals surface area contributed by atoms with Crippen LogP contribution in [0.1, 0.15) is 16.8 Å². The lowest BCUT2D eigenvalue weighted by Crippen LogP contribution is -2.09. The maximum Gasteiger partial charge on any atom is 0.416 e. The fraction of sp³-hybridized carbons (Fsp3) is 0.174. The molecule has 5 rings (SSSR count). The Hall–Kier alpha value is -4.48. The highest BCUT2D eigenvalue weighted by molar-refractivity contribution is 5.78. The summed E-state index contributed by atoms with van der Waals surface area (Å²) in [5, 5.41) is 14.7. The number of aromatic nitrogens is 7. The number of hydrogen-bond acceptors (Lipinski definition) is 7. The number of nitrogens with one attached hydrogen (secondary N) is 1. The van der Waals surface area contributed by atoms with Gasteiger partial charge in [0.15, 0.2) is 0 Å². The van der Waals surface area contributed by atoms with E-state index in [-0.39, 0.29) is 13.2 Å². The van der Waals surface area contributed by atoms with Crippen LogP contribution in [0.5, 0.6) is 6.01 Å². The van der Waals surface area contributed by atoms with E-state index >= 15 is 0 Å². The van der Waals surface area contributed by atoms with E-state index in [1.165, 1.54) is 10.7 Å². The summed E-state index contributed by atoms with van der Waals surface area (Å²) in [4.78, 5) is 9.04. The van der Waals surface area contributed by atoms with Gasteiger partial charge in [-0.25, -0.2) is 14.2 Å². The normalized spacial score (nSPS) is 11.7. The molecule has 0 aliphatic carbocycles. The number of para-hydroxylation sites is 2. The molecule has 0 aliphatic heterocycles. The van der Waals surface area contributed by atoms with E-state index in [9.17, 15) is 13.2 Å². The lowest BCUT2D eigenvalue weighted by Gasteiger charge is -2.11. The smallest absolute Gasteiger partial charge is 0.416 e. The van der Waals surface area contributed by atoms with Crippen LogP contribution >= 0.6 is 0 Å². The van der Waals surface area contributed by atoms with E-state index in [0.29, 0.717) is 29.0 Å². The third-order valence-electron chi connectivity index (χ3n) is 5.21. The molecule has 12 heteroatoms. The van der Waals surface area contributed by atoms with Gasteiger partial charge in [-0.15, -0.1) is 0 Å². The summed E-state index contributed by atoms with van der Waals surface area (Å²) in [7, 11) is 1.72. The van der Waals surface area contributed by atoms with Crippen molar-refractivity contribution in [3.05, 3.63) is 83.6 Å². The molecule has 1 N–H and O–H groups in total. The van der Waals surface area contributed by atoms with Gasteiger partial charge in [0.1, 0.15) is 12.4 Å². The van der Waals surface area contributed by atoms with Crippen LogP contribution in [0.15, 0.2) is 66.7 Å². The Morgan fingerprint density at radius 2 is 1.80 bits per heavy atom. The molecule has 0 fully saturated rings. The monoisotopic (exact) mass is 480 g/mol. The van der Waals surface area contributed by atoms with Gasteiger partial charge in [0.2, 0.25) is 0 Å². The van der Waals surface area contributed by atoms with Gasteiger partial charge in [-0.3, -0.25) is 0 Å². The number of nitrogens with zero attached hydrogens (tertiary/aromatic N) is 7. The summed E-state index contributed by atoms with van der Waals surface area (Å²) < 4.78 is 48.1. The average Bonchev–Trinajstić information content (AvgIpc) is 3.43. The van der Waals surface area contributed by atoms with Crippen molar-refractivity contribution in [2.75, 3.05) is 5.32 Å². The first-order chi connectivity index (χ1) is 16.9. The molecular weight excluding hydrogens is 461 g/mol. The quantitative estimate of drug-likeness (QED) is 0.374. The third kappa shape index (κ3) is 4.76. The Balaban J connectivity index is 1.32. The van der Waals surface area contributed by atoms with Crippen molar-refractivity contribution in [2.45, 2.75) is 19.3 Å². The second-order valence-electron chi connectivity index (χ2n) is 7.68. The van der Waals surface area contributed by atoms with Crippen molar-refractivity contribution in [1.29, 1.82) is 0 Å². The van der Waals surface area contributed by atoms with Crippen LogP contribution in [-0.2, 0) is 26.4 Å². The van der Waals surface area contributed by atoms with Gasteiger partial charge in [-0.05, 0) is 52.4 Å². The van der Waals surface area contributed by atoms with E-state index in [0.717, 1.165) is 23.2 Å². The van der Waals surface area contributed by atoms with Crippen LogP contribution in [-0.4, -0.2) is 34.7 Å². The first-order valence-electron chi connectivity index (χ1n) is 10.6. The number of ether oxygens (including phenoxy) is 1. The fourth-order valence-electron chi connectivity index (χ4n) is 3.56. The van der Waals surface area contributed by atoms with Crippen LogP contribution in [0.2, 0.25) is 0 Å². The predicted octanol–water partition coefficient (Wildman–Crippen LogP) is 4.15. The van der Waals surface area contributed by atoms with Crippen molar-refractivity contribution in [2.24, 2.45) is 7.05 Å². The molecular formula is C23H19F3N8O. The van der Waals surface area contributed by atoms with Gasteiger partial charge >= 0.3 is 12.2 Å². The zero-order valence-corrected chi connectivity index (χ0v) is 18.4. The van der Waals surface area contributed by atoms with E-state index in [2.05, 4.69) is 30.8 Å². The molecule has 5 aromatic rings. The van der Waals surface area contributed by atoms with E-state index in [1.54, 1.807) is 35.9 Å². The number of benzene rings is 2. The van der Waals surface area contributed by atoms with Crippen molar-refractivity contribution in [1.82, 2.24) is 34.7 Å². The van der Waals surface area contributed by atoms with E-state index in [1.807, 2.05) is 24.3 Å². The second kappa shape index (κ2) is 9.05. The minimum absolute atomic E-state index is 0.105. The van der Waals surface area contributed by atoms with Crippen molar-refractivity contribution in [3.8, 4) is 12.0 Å². The van der Waals surface area contributed by atoms with Gasteiger partial charge in [-0.1, -0.05) is 35.4 Å². The Morgan fingerprint density at radius 1 is 0.971 bits per heavy atom. The zero-order valence-electron chi connectivity index (χ0n) is 18.4. The van der Waals surface area contributed by atoms with Crippen LogP contribution in [0.25, 0.3) is 17.0 Å². The summed E-state index contributed by atoms with van der Waals surface area (Å²) >= 11 is 0. The zero-order chi connectivity index (χ0) is 24.4. The molecule has 3 aromatic heterocycles. The van der Waals surface area contributed by atoms with Gasteiger partial charge in [0.25, 0.3) is 5.95 Å². The number of pyridine rings is 1. The molecule has 35 heavy (non-hydrogen) atoms. The molecule has 9 nitrogen and oxygen atoms in total. The first kappa shape index (κ1) is 22.3. The Bertz CT molecular complexity index is 1480. The topological polar surface area (TPSA) is 95.6 Å². The highest BCUT2D eigenvalue weighted by Gasteiger charge is 2.30. The molecule has 0 saturated carbocycles. The summed E-state index contributed by atoms with van der Waals surface area (Å²) in [5.41, 5.74) is 1.91. The Kier molecular flexibility index (Phi) is 5.77. The maximum absolute atomic E-state index is 13.0. The summed E-state index contributed by atoms with van der Waals surface area (Å²) in [6, 6.07) is 18.3. The lowest BCUT2D eigenvalue weighted by atomic mass is 10.1. The van der Waals surface area contributed by atoms with Crippen molar-refractivity contribution >= 4 is 16.9 Å². The van der Waals surface area contributed by atoms with Crippen molar-refractivity contribution in [3.63, 3.8) is 0 Å². The van der Waals surface area contributed by atoms with Gasteiger partial charge in [0.05, 0.1) is 22.3 Å². The standard InChI is InChI=1S/C23H19F3N8O/c1-33-21(30-31-32-33)34-19-10-3-2-9-18(19)29-22(34)35-14-17-8-5-11-20(28-17)27-13-15-6-4-7-16(12-15)23(24,25)26/h2-12H,13-14H2,1H3,(H,27,28). The molecule has 0 saturated heterocycles. The second-order valence-corrected chi connectivity index (χ2v) is 7.68. The molecule has 0 spiro atoms. The van der Waals surface area contributed by atoms with Gasteiger partial charge in [-0.2, -0.15) is 18.2 Å². The van der Waals surface area contributed by atoms with Crippen LogP contribution < -0.4 is 10.1 Å². The minimum atomic E-state index is -4.39. The maximum atomic E-state index is 13.0. The van der Waals surface area contributed by atoms with Crippen molar-refractivity contribution < 1.29 is 17.9 Å². The molecule has 0 unspecified atom stereocenters. The number of hydrogen-bond donors (Lipinski definition) is 1. The average molecular weight is 480 g/mol. The molecule has 0 atom stereocenters. The number of aryl methyl sites for hydroxylation is 1. The number of tetrazole rings is 1. The highest BCUT2D eigenvalue weighted by Crippen LogP contribution is 2.30. The van der Waals surface area contributed by atoms with Gasteiger partial charge in [0, 0.05) is 13.6 Å². The molecule has 178 valence electrons. The Morgan fingerprint density at radius 3 is 2.60 bits per heavy atom.